The van der Waals surface area contributed by atoms with Crippen LogP contribution in [0.3, 0.4) is 0 Å². The zero-order valence-electron chi connectivity index (χ0n) is 13.1. The Hall–Kier alpha value is -3.22. The second-order valence-electron chi connectivity index (χ2n) is 5.28. The average molecular weight is 323 g/mol. The predicted octanol–water partition coefficient (Wildman–Crippen LogP) is 1.04. The monoisotopic (exact) mass is 323 g/mol. The number of nitrogens with zero attached hydrogens (tertiary/aromatic N) is 3. The van der Waals surface area contributed by atoms with Crippen LogP contribution >= 0.6 is 0 Å². The fourth-order valence-corrected chi connectivity index (χ4v) is 2.26. The Labute approximate surface area is 139 Å². The molecule has 2 N–H and O–H groups in total. The van der Waals surface area contributed by atoms with Crippen LogP contribution in [0.2, 0.25) is 0 Å². The van der Waals surface area contributed by atoms with Crippen LogP contribution in [0.4, 0.5) is 5.69 Å². The first-order valence-electron chi connectivity index (χ1n) is 7.57. The number of carbonyl (C=O) groups excluding carboxylic acids is 2. The summed E-state index contributed by atoms with van der Waals surface area (Å²) in [6, 6.07) is 13.9. The van der Waals surface area contributed by atoms with E-state index in [1.165, 1.54) is 5.01 Å². The molecule has 7 nitrogen and oxygen atoms in total. The Balaban J connectivity index is 1.72. The molecule has 1 unspecified atom stereocenters. The van der Waals surface area contributed by atoms with Crippen LogP contribution < -0.4 is 15.8 Å². The number of rotatable bonds is 4. The molecule has 0 radical (unpaired) electrons. The molecular weight excluding hydrogens is 306 g/mol. The van der Waals surface area contributed by atoms with Gasteiger partial charge in [-0.15, -0.1) is 0 Å². The van der Waals surface area contributed by atoms with E-state index in [4.69, 9.17) is 0 Å². The van der Waals surface area contributed by atoms with Gasteiger partial charge in [-0.1, -0.05) is 24.3 Å². The van der Waals surface area contributed by atoms with Gasteiger partial charge in [0.25, 0.3) is 11.8 Å². The molecule has 1 atom stereocenters. The van der Waals surface area contributed by atoms with Crippen LogP contribution in [0.5, 0.6) is 0 Å². The van der Waals surface area contributed by atoms with Crippen LogP contribution in [0.1, 0.15) is 12.6 Å². The predicted molar refractivity (Wildman–Crippen MR) is 90.0 cm³/mol. The molecule has 1 aromatic heterocycles. The van der Waals surface area contributed by atoms with Gasteiger partial charge in [0.1, 0.15) is 6.04 Å². The van der Waals surface area contributed by atoms with Gasteiger partial charge in [0.2, 0.25) is 5.84 Å². The fraction of sp³-hybridized carbons (Fsp3) is 0.176. The summed E-state index contributed by atoms with van der Waals surface area (Å²) in [6.45, 7) is 1.94. The summed E-state index contributed by atoms with van der Waals surface area (Å²) >= 11 is 0. The standard InChI is InChI=1S/C17H17N5O2/c1-12-17(24)22(14-8-3-2-4-9-14)21-15(20-12)16(23)19-11-13-7-5-6-10-18-13/h2-10,12H,11H2,1H3,(H,19,23)(H,20,21). The number of amides is 2. The lowest BCUT2D eigenvalue weighted by molar-refractivity contribution is -0.120. The van der Waals surface area contributed by atoms with Crippen molar-refractivity contribution in [3.8, 4) is 0 Å². The Morgan fingerprint density at radius 2 is 1.96 bits per heavy atom. The first-order valence-corrected chi connectivity index (χ1v) is 7.57. The van der Waals surface area contributed by atoms with Crippen molar-refractivity contribution in [1.82, 2.24) is 15.7 Å². The van der Waals surface area contributed by atoms with E-state index in [-0.39, 0.29) is 24.2 Å². The minimum atomic E-state index is -0.637. The van der Waals surface area contributed by atoms with Crippen molar-refractivity contribution >= 4 is 23.3 Å². The van der Waals surface area contributed by atoms with E-state index >= 15 is 0 Å². The molecule has 1 aliphatic heterocycles. The quantitative estimate of drug-likeness (QED) is 0.880. The fourth-order valence-electron chi connectivity index (χ4n) is 2.26. The number of benzene rings is 1. The van der Waals surface area contributed by atoms with Gasteiger partial charge in [-0.05, 0) is 31.2 Å². The number of hydrogen-bond acceptors (Lipinski definition) is 5. The van der Waals surface area contributed by atoms with Crippen molar-refractivity contribution in [2.75, 3.05) is 5.01 Å². The Morgan fingerprint density at radius 1 is 1.21 bits per heavy atom. The normalized spacial score (nSPS) is 17.0. The summed E-state index contributed by atoms with van der Waals surface area (Å²) in [5.74, 6) is -0.509. The number of hydrazine groups is 1. The minimum absolute atomic E-state index is 0.0990. The van der Waals surface area contributed by atoms with Gasteiger partial charge in [-0.2, -0.15) is 0 Å². The van der Waals surface area contributed by atoms with E-state index in [1.54, 1.807) is 25.3 Å². The number of carbonyl (C=O) groups is 2. The average Bonchev–Trinajstić information content (AvgIpc) is 2.63. The van der Waals surface area contributed by atoms with Crippen molar-refractivity contribution < 1.29 is 9.59 Å². The molecule has 0 saturated carbocycles. The number of pyridine rings is 1. The molecule has 3 rings (SSSR count). The largest absolute Gasteiger partial charge is 0.344 e. The van der Waals surface area contributed by atoms with E-state index in [0.29, 0.717) is 5.69 Å². The molecule has 0 bridgehead atoms. The number of aliphatic imine (C=N–C) groups is 1. The van der Waals surface area contributed by atoms with E-state index in [1.807, 2.05) is 36.4 Å². The SMILES string of the molecule is CC1N=C(C(=O)NCc2ccccn2)NN(c2ccccc2)C1=O. The van der Waals surface area contributed by atoms with Gasteiger partial charge >= 0.3 is 0 Å². The number of nitrogens with one attached hydrogen (secondary N) is 2. The number of para-hydroxylation sites is 1. The zero-order chi connectivity index (χ0) is 16.9. The van der Waals surface area contributed by atoms with Crippen molar-refractivity contribution in [2.24, 2.45) is 4.99 Å². The van der Waals surface area contributed by atoms with Crippen LogP contribution in [-0.4, -0.2) is 28.7 Å². The lowest BCUT2D eigenvalue weighted by Gasteiger charge is -2.30. The third kappa shape index (κ3) is 3.40. The van der Waals surface area contributed by atoms with Gasteiger partial charge in [0, 0.05) is 6.20 Å². The van der Waals surface area contributed by atoms with Crippen molar-refractivity contribution in [3.05, 3.63) is 60.4 Å². The molecule has 7 heteroatoms. The molecule has 1 aliphatic rings. The molecule has 0 aliphatic carbocycles. The van der Waals surface area contributed by atoms with Crippen molar-refractivity contribution in [2.45, 2.75) is 19.5 Å². The highest BCUT2D eigenvalue weighted by atomic mass is 16.2. The Kier molecular flexibility index (Phi) is 4.51. The van der Waals surface area contributed by atoms with Crippen molar-refractivity contribution in [3.63, 3.8) is 0 Å². The second kappa shape index (κ2) is 6.91. The molecule has 2 aromatic rings. The third-order valence-corrected chi connectivity index (χ3v) is 3.50. The molecule has 122 valence electrons. The third-order valence-electron chi connectivity index (χ3n) is 3.50. The number of anilines is 1. The summed E-state index contributed by atoms with van der Waals surface area (Å²) in [6.07, 6.45) is 1.66. The van der Waals surface area contributed by atoms with E-state index in [0.717, 1.165) is 5.69 Å². The highest BCUT2D eigenvalue weighted by molar-refractivity contribution is 6.39. The number of hydrogen-bond donors (Lipinski definition) is 2. The summed E-state index contributed by atoms with van der Waals surface area (Å²) in [5.41, 5.74) is 4.18. The number of aromatic nitrogens is 1. The van der Waals surface area contributed by atoms with Crippen molar-refractivity contribution in [1.29, 1.82) is 0 Å². The summed E-state index contributed by atoms with van der Waals surface area (Å²) in [5, 5.41) is 4.08. The molecule has 1 aromatic carbocycles. The summed E-state index contributed by atoms with van der Waals surface area (Å²) < 4.78 is 0. The van der Waals surface area contributed by atoms with Gasteiger partial charge in [-0.3, -0.25) is 20.0 Å². The van der Waals surface area contributed by atoms with Gasteiger partial charge in [-0.25, -0.2) is 10.0 Å². The summed E-state index contributed by atoms with van der Waals surface area (Å²) in [7, 11) is 0. The first kappa shape index (κ1) is 15.7. The summed E-state index contributed by atoms with van der Waals surface area (Å²) in [4.78, 5) is 32.9. The first-order chi connectivity index (χ1) is 11.6. The van der Waals surface area contributed by atoms with E-state index in [9.17, 15) is 9.59 Å². The van der Waals surface area contributed by atoms with Crippen LogP contribution in [0.25, 0.3) is 0 Å². The maximum atomic E-state index is 12.3. The Bertz CT molecular complexity index is 761. The number of amidine groups is 1. The maximum Gasteiger partial charge on any atom is 0.288 e. The smallest absolute Gasteiger partial charge is 0.288 e. The minimum Gasteiger partial charge on any atom is -0.344 e. The highest BCUT2D eigenvalue weighted by Crippen LogP contribution is 2.15. The molecule has 0 saturated heterocycles. The lowest BCUT2D eigenvalue weighted by atomic mass is 10.2. The van der Waals surface area contributed by atoms with E-state index in [2.05, 4.69) is 20.7 Å². The maximum absolute atomic E-state index is 12.3. The molecule has 0 fully saturated rings. The molecule has 0 spiro atoms. The van der Waals surface area contributed by atoms with E-state index < -0.39 is 6.04 Å². The van der Waals surface area contributed by atoms with Gasteiger partial charge < -0.3 is 5.32 Å². The second-order valence-corrected chi connectivity index (χ2v) is 5.28. The van der Waals surface area contributed by atoms with Crippen LogP contribution in [0, 0.1) is 0 Å². The molecule has 2 heterocycles. The van der Waals surface area contributed by atoms with Gasteiger partial charge in [0.15, 0.2) is 0 Å². The van der Waals surface area contributed by atoms with Crippen LogP contribution in [0.15, 0.2) is 59.7 Å². The Morgan fingerprint density at radius 3 is 2.67 bits per heavy atom. The highest BCUT2D eigenvalue weighted by Gasteiger charge is 2.30. The molecular formula is C17H17N5O2. The zero-order valence-corrected chi connectivity index (χ0v) is 13.1. The molecule has 2 amide bonds. The molecule has 24 heavy (non-hydrogen) atoms. The topological polar surface area (TPSA) is 86.7 Å². The lowest BCUT2D eigenvalue weighted by Crippen LogP contribution is -2.57. The van der Waals surface area contributed by atoms with Crippen LogP contribution in [-0.2, 0) is 16.1 Å². The van der Waals surface area contributed by atoms with Gasteiger partial charge in [0.05, 0.1) is 17.9 Å².